The van der Waals surface area contributed by atoms with E-state index in [0.717, 1.165) is 56.1 Å². The second-order valence-corrected chi connectivity index (χ2v) is 18.0. The van der Waals surface area contributed by atoms with Crippen LogP contribution in [-0.4, -0.2) is 53.9 Å². The monoisotopic (exact) mass is 742 g/mol. The van der Waals surface area contributed by atoms with Crippen molar-refractivity contribution in [1.29, 1.82) is 0 Å². The van der Waals surface area contributed by atoms with Crippen molar-refractivity contribution in [3.8, 4) is 23.0 Å². The van der Waals surface area contributed by atoms with Gasteiger partial charge in [0.05, 0.1) is 14.2 Å². The van der Waals surface area contributed by atoms with Gasteiger partial charge in [0, 0.05) is 46.0 Å². The molecule has 0 aromatic heterocycles. The molecule has 49 heavy (non-hydrogen) atoms. The van der Waals surface area contributed by atoms with Crippen molar-refractivity contribution in [1.82, 2.24) is 0 Å². The lowest BCUT2D eigenvalue weighted by Gasteiger charge is -2.17. The molecular weight excluding hydrogens is 697 g/mol. The summed E-state index contributed by atoms with van der Waals surface area (Å²) in [5.41, 5.74) is 3.03. The fourth-order valence-corrected chi connectivity index (χ4v) is 12.1. The van der Waals surface area contributed by atoms with Crippen molar-refractivity contribution in [3.63, 3.8) is 0 Å². The van der Waals surface area contributed by atoms with Crippen molar-refractivity contribution in [2.45, 2.75) is 94.0 Å². The highest BCUT2D eigenvalue weighted by atomic mass is 33.1. The van der Waals surface area contributed by atoms with Crippen LogP contribution in [0.25, 0.3) is 12.2 Å². The fraction of sp³-hybridized carbons (Fsp3) is 0.500. The summed E-state index contributed by atoms with van der Waals surface area (Å²) in [6.45, 7) is 0. The molecular formula is C38H46O7S4. The van der Waals surface area contributed by atoms with E-state index < -0.39 is 0 Å². The van der Waals surface area contributed by atoms with Crippen molar-refractivity contribution in [2.24, 2.45) is 0 Å². The van der Waals surface area contributed by atoms with Crippen LogP contribution in [0.3, 0.4) is 0 Å². The van der Waals surface area contributed by atoms with E-state index in [1.807, 2.05) is 67.5 Å². The number of ether oxygens (including phenoxy) is 4. The first-order valence-corrected chi connectivity index (χ1v) is 22.0. The smallest absolute Gasteiger partial charge is 0.311 e. The van der Waals surface area contributed by atoms with Gasteiger partial charge in [0.2, 0.25) is 0 Å². The molecule has 5 rings (SSSR count). The average molecular weight is 743 g/mol. The molecule has 1 aliphatic carbocycles. The van der Waals surface area contributed by atoms with Crippen LogP contribution in [0.1, 0.15) is 94.6 Å². The van der Waals surface area contributed by atoms with Gasteiger partial charge in [0.25, 0.3) is 0 Å². The summed E-state index contributed by atoms with van der Waals surface area (Å²) in [7, 11) is 10.9. The Bertz CT molecular complexity index is 1400. The van der Waals surface area contributed by atoms with Crippen molar-refractivity contribution in [3.05, 3.63) is 58.7 Å². The number of unbranched alkanes of at least 4 members (excludes halogenated alkanes) is 2. The summed E-state index contributed by atoms with van der Waals surface area (Å²) in [6, 6.07) is 10.8. The highest BCUT2D eigenvalue weighted by Crippen LogP contribution is 2.41. The fourth-order valence-electron chi connectivity index (χ4n) is 6.06. The number of methoxy groups -OCH3 is 2. The Balaban J connectivity index is 1.15. The Morgan fingerprint density at radius 2 is 1.16 bits per heavy atom. The highest BCUT2D eigenvalue weighted by Gasteiger charge is 2.22. The first kappa shape index (κ1) is 37.8. The summed E-state index contributed by atoms with van der Waals surface area (Å²) in [6.07, 6.45) is 15.2. The number of benzene rings is 2. The van der Waals surface area contributed by atoms with E-state index >= 15 is 0 Å². The van der Waals surface area contributed by atoms with Gasteiger partial charge in [0.15, 0.2) is 28.8 Å². The second-order valence-electron chi connectivity index (χ2n) is 12.4. The van der Waals surface area contributed by atoms with Crippen LogP contribution in [0, 0.1) is 0 Å². The van der Waals surface area contributed by atoms with Gasteiger partial charge >= 0.3 is 11.9 Å². The zero-order chi connectivity index (χ0) is 34.4. The van der Waals surface area contributed by atoms with Gasteiger partial charge in [-0.3, -0.25) is 14.4 Å². The van der Waals surface area contributed by atoms with Gasteiger partial charge in [-0.15, -0.1) is 0 Å². The number of hydrogen-bond acceptors (Lipinski definition) is 11. The molecule has 3 aliphatic rings. The lowest BCUT2D eigenvalue weighted by atomic mass is 9.87. The average Bonchev–Trinajstić information content (AvgIpc) is 3.83. The highest BCUT2D eigenvalue weighted by molar-refractivity contribution is 8.77. The third-order valence-corrected chi connectivity index (χ3v) is 14.8. The van der Waals surface area contributed by atoms with Crippen molar-refractivity contribution in [2.75, 3.05) is 25.7 Å². The molecule has 2 heterocycles. The summed E-state index contributed by atoms with van der Waals surface area (Å²) >= 11 is 0. The van der Waals surface area contributed by atoms with Gasteiger partial charge in [0.1, 0.15) is 0 Å². The second kappa shape index (κ2) is 19.8. The van der Waals surface area contributed by atoms with Gasteiger partial charge < -0.3 is 18.9 Å². The van der Waals surface area contributed by atoms with E-state index in [1.165, 1.54) is 24.3 Å². The summed E-state index contributed by atoms with van der Waals surface area (Å²) in [4.78, 5) is 38.6. The number of rotatable bonds is 16. The molecule has 11 heteroatoms. The van der Waals surface area contributed by atoms with Gasteiger partial charge in [-0.2, -0.15) is 0 Å². The van der Waals surface area contributed by atoms with Crippen molar-refractivity contribution < 1.29 is 33.3 Å². The molecule has 264 valence electrons. The molecule has 0 N–H and O–H groups in total. The van der Waals surface area contributed by atoms with E-state index in [0.29, 0.717) is 70.3 Å². The van der Waals surface area contributed by atoms with Crippen molar-refractivity contribution >= 4 is 73.0 Å². The molecule has 1 saturated carbocycles. The molecule has 0 spiro atoms. The minimum atomic E-state index is -0.263. The Morgan fingerprint density at radius 1 is 0.694 bits per heavy atom. The zero-order valence-corrected chi connectivity index (χ0v) is 31.6. The standard InChI is InChI=1S/C38H46O7S4/c1-42-34-24-26(14-16-32(34)44-36(39)12-5-3-10-30-18-20-46-48-30)22-28-8-7-9-29(38(28)41)23-27-15-17-33(35(25-27)43-2)45-37(40)13-6-4-11-31-19-21-47-49-31/h14-17,22-25,30-31H,3-13,18-21H2,1-2H3/b28-22+,29-23+. The number of ketones is 1. The third-order valence-electron chi connectivity index (χ3n) is 8.75. The predicted octanol–water partition coefficient (Wildman–Crippen LogP) is 10.2. The molecule has 2 saturated heterocycles. The van der Waals surface area contributed by atoms with E-state index in [2.05, 4.69) is 0 Å². The maximum atomic E-state index is 13.5. The molecule has 2 atom stereocenters. The first-order chi connectivity index (χ1) is 23.9. The summed E-state index contributed by atoms with van der Waals surface area (Å²) in [5, 5.41) is 1.42. The molecule has 2 aromatic carbocycles. The molecule has 7 nitrogen and oxygen atoms in total. The zero-order valence-electron chi connectivity index (χ0n) is 28.4. The predicted molar refractivity (Wildman–Crippen MR) is 206 cm³/mol. The Hall–Kier alpha value is -2.47. The molecule has 2 aromatic rings. The van der Waals surface area contributed by atoms with Crippen LogP contribution in [0.15, 0.2) is 47.5 Å². The van der Waals surface area contributed by atoms with Crippen LogP contribution >= 0.6 is 43.2 Å². The maximum Gasteiger partial charge on any atom is 0.311 e. The number of carbonyl (C=O) groups is 3. The Morgan fingerprint density at radius 3 is 1.57 bits per heavy atom. The molecule has 3 fully saturated rings. The van der Waals surface area contributed by atoms with Crippen LogP contribution in [0.5, 0.6) is 23.0 Å². The number of allylic oxidation sites excluding steroid dienone is 2. The molecule has 0 bridgehead atoms. The minimum absolute atomic E-state index is 0.000567. The van der Waals surface area contributed by atoms with E-state index in [-0.39, 0.29) is 17.7 Å². The Kier molecular flexibility index (Phi) is 15.3. The SMILES string of the molecule is COc1cc(/C=C2\CCC/C(=C\c3ccc(OC(=O)CCCCC4CCSS4)c(OC)c3)C2=O)ccc1OC(=O)CCCCC1CCSS1. The topological polar surface area (TPSA) is 88.1 Å². The van der Waals surface area contributed by atoms with E-state index in [4.69, 9.17) is 18.9 Å². The lowest BCUT2D eigenvalue weighted by Crippen LogP contribution is -2.12. The summed E-state index contributed by atoms with van der Waals surface area (Å²) in [5.74, 6) is 3.60. The van der Waals surface area contributed by atoms with Crippen LogP contribution < -0.4 is 18.9 Å². The number of esters is 2. The number of carbonyl (C=O) groups excluding carboxylic acids is 3. The first-order valence-electron chi connectivity index (χ1n) is 17.2. The maximum absolute atomic E-state index is 13.5. The van der Waals surface area contributed by atoms with Crippen LogP contribution in [0.4, 0.5) is 0 Å². The largest absolute Gasteiger partial charge is 0.493 e. The van der Waals surface area contributed by atoms with Gasteiger partial charge in [-0.25, -0.2) is 0 Å². The number of hydrogen-bond donors (Lipinski definition) is 0. The Labute approximate surface area is 306 Å². The van der Waals surface area contributed by atoms with Crippen LogP contribution in [-0.2, 0) is 14.4 Å². The molecule has 0 radical (unpaired) electrons. The summed E-state index contributed by atoms with van der Waals surface area (Å²) < 4.78 is 22.4. The van der Waals surface area contributed by atoms with E-state index in [9.17, 15) is 14.4 Å². The lowest BCUT2D eigenvalue weighted by molar-refractivity contribution is -0.135. The third kappa shape index (κ3) is 11.8. The normalized spacial score (nSPS) is 20.9. The molecule has 2 aliphatic heterocycles. The quantitative estimate of drug-likeness (QED) is 0.0541. The van der Waals surface area contributed by atoms with Crippen LogP contribution in [0.2, 0.25) is 0 Å². The van der Waals surface area contributed by atoms with Gasteiger partial charge in [-0.1, -0.05) is 68.1 Å². The minimum Gasteiger partial charge on any atom is -0.493 e. The molecule has 0 amide bonds. The number of Topliss-reactive ketones (excluding diaryl/α,β-unsaturated/α-hetero) is 1. The van der Waals surface area contributed by atoms with E-state index in [1.54, 1.807) is 38.5 Å². The molecule has 2 unspecified atom stereocenters. The van der Waals surface area contributed by atoms with Gasteiger partial charge in [-0.05, 0) is 105 Å².